The Morgan fingerprint density at radius 2 is 2.08 bits per heavy atom. The van der Waals surface area contributed by atoms with Gasteiger partial charge in [-0.1, -0.05) is 18.2 Å². The molecule has 0 unspecified atom stereocenters. The van der Waals surface area contributed by atoms with Gasteiger partial charge in [-0.05, 0) is 46.0 Å². The van der Waals surface area contributed by atoms with Crippen LogP contribution in [-0.4, -0.2) is 46.9 Å². The van der Waals surface area contributed by atoms with Crippen molar-refractivity contribution in [1.29, 1.82) is 0 Å². The Morgan fingerprint density at radius 3 is 2.71 bits per heavy atom. The van der Waals surface area contributed by atoms with E-state index in [0.717, 1.165) is 30.9 Å². The molecule has 1 aromatic heterocycles. The van der Waals surface area contributed by atoms with Crippen LogP contribution in [0.4, 0.5) is 4.39 Å². The lowest BCUT2D eigenvalue weighted by atomic mass is 10.0. The molecular weight excluding hydrogens is 325 g/mol. The molecule has 0 N–H and O–H groups in total. The third kappa shape index (κ3) is 3.82. The highest BCUT2D eigenvalue weighted by Gasteiger charge is 2.29. The summed E-state index contributed by atoms with van der Waals surface area (Å²) in [5, 5.41) is 2.66. The van der Waals surface area contributed by atoms with Crippen LogP contribution in [0, 0.1) is 12.7 Å². The van der Waals surface area contributed by atoms with Crippen molar-refractivity contribution < 1.29 is 9.18 Å². The molecule has 1 aliphatic heterocycles. The topological polar surface area (TPSA) is 36.4 Å². The Balaban J connectivity index is 1.85. The first-order valence-electron chi connectivity index (χ1n) is 8.19. The summed E-state index contributed by atoms with van der Waals surface area (Å²) >= 11 is 1.47. The molecular formula is C18H22FN3OS. The highest BCUT2D eigenvalue weighted by Crippen LogP contribution is 2.22. The van der Waals surface area contributed by atoms with Crippen LogP contribution in [-0.2, 0) is 6.54 Å². The minimum absolute atomic E-state index is 0.0999. The molecule has 3 rings (SSSR count). The summed E-state index contributed by atoms with van der Waals surface area (Å²) in [6.45, 7) is 4.07. The van der Waals surface area contributed by atoms with E-state index in [1.807, 2.05) is 13.0 Å². The van der Waals surface area contributed by atoms with Crippen molar-refractivity contribution in [3.05, 3.63) is 51.7 Å². The standard InChI is InChI=1S/C18H22FN3OS/c1-13-20-17(12-24-13)18(23)22(15-7-9-21(2)10-8-15)11-14-5-3-4-6-16(14)19/h3-6,12,15H,7-11H2,1-2H3. The van der Waals surface area contributed by atoms with E-state index >= 15 is 0 Å². The SMILES string of the molecule is Cc1nc(C(=O)N(Cc2ccccc2F)C2CCN(C)CC2)cs1. The van der Waals surface area contributed by atoms with Gasteiger partial charge in [0.1, 0.15) is 11.5 Å². The molecule has 0 aliphatic carbocycles. The molecule has 24 heavy (non-hydrogen) atoms. The second kappa shape index (κ2) is 7.40. The Bertz CT molecular complexity index is 710. The molecule has 128 valence electrons. The average molecular weight is 347 g/mol. The van der Waals surface area contributed by atoms with Gasteiger partial charge in [0.05, 0.1) is 5.01 Å². The molecule has 0 saturated carbocycles. The maximum Gasteiger partial charge on any atom is 0.273 e. The lowest BCUT2D eigenvalue weighted by Gasteiger charge is -2.37. The van der Waals surface area contributed by atoms with Crippen LogP contribution >= 0.6 is 11.3 Å². The number of hydrogen-bond donors (Lipinski definition) is 0. The normalized spacial score (nSPS) is 16.3. The molecule has 0 spiro atoms. The molecule has 1 amide bonds. The van der Waals surface area contributed by atoms with Gasteiger partial charge in [-0.3, -0.25) is 4.79 Å². The van der Waals surface area contributed by atoms with Crippen molar-refractivity contribution >= 4 is 17.2 Å². The number of amides is 1. The van der Waals surface area contributed by atoms with Gasteiger partial charge in [0.2, 0.25) is 0 Å². The first-order valence-corrected chi connectivity index (χ1v) is 9.07. The summed E-state index contributed by atoms with van der Waals surface area (Å²) in [5.74, 6) is -0.366. The van der Waals surface area contributed by atoms with Crippen LogP contribution in [0.2, 0.25) is 0 Å². The summed E-state index contributed by atoms with van der Waals surface area (Å²) < 4.78 is 14.1. The number of carbonyl (C=O) groups excluding carboxylic acids is 1. The van der Waals surface area contributed by atoms with E-state index in [2.05, 4.69) is 16.9 Å². The minimum Gasteiger partial charge on any atom is -0.330 e. The largest absolute Gasteiger partial charge is 0.330 e. The smallest absolute Gasteiger partial charge is 0.273 e. The second-order valence-electron chi connectivity index (χ2n) is 6.31. The van der Waals surface area contributed by atoms with Gasteiger partial charge in [-0.15, -0.1) is 11.3 Å². The van der Waals surface area contributed by atoms with Gasteiger partial charge in [0.15, 0.2) is 0 Å². The number of rotatable bonds is 4. The summed E-state index contributed by atoms with van der Waals surface area (Å²) in [7, 11) is 2.09. The Hall–Kier alpha value is -1.79. The number of hydrogen-bond acceptors (Lipinski definition) is 4. The molecule has 0 bridgehead atoms. The number of piperidine rings is 1. The minimum atomic E-state index is -0.266. The third-order valence-corrected chi connectivity index (χ3v) is 5.30. The summed E-state index contributed by atoms with van der Waals surface area (Å²) in [6.07, 6.45) is 1.81. The first kappa shape index (κ1) is 17.0. The maximum absolute atomic E-state index is 14.1. The van der Waals surface area contributed by atoms with E-state index in [-0.39, 0.29) is 24.3 Å². The van der Waals surface area contributed by atoms with Crippen LogP contribution in [0.1, 0.15) is 33.9 Å². The van der Waals surface area contributed by atoms with Crippen molar-refractivity contribution in [2.45, 2.75) is 32.4 Å². The van der Waals surface area contributed by atoms with E-state index in [1.54, 1.807) is 22.4 Å². The van der Waals surface area contributed by atoms with Gasteiger partial charge in [0.25, 0.3) is 5.91 Å². The predicted molar refractivity (Wildman–Crippen MR) is 93.6 cm³/mol. The zero-order chi connectivity index (χ0) is 17.1. The van der Waals surface area contributed by atoms with Gasteiger partial charge in [-0.25, -0.2) is 9.37 Å². The monoisotopic (exact) mass is 347 g/mol. The van der Waals surface area contributed by atoms with Crippen molar-refractivity contribution in [1.82, 2.24) is 14.8 Å². The zero-order valence-corrected chi connectivity index (χ0v) is 14.9. The number of carbonyl (C=O) groups is 1. The lowest BCUT2D eigenvalue weighted by Crippen LogP contribution is -2.46. The predicted octanol–water partition coefficient (Wildman–Crippen LogP) is 3.33. The molecule has 0 radical (unpaired) electrons. The number of thiazole rings is 1. The molecule has 4 nitrogen and oxygen atoms in total. The Labute approximate surface area is 145 Å². The lowest BCUT2D eigenvalue weighted by molar-refractivity contribution is 0.0561. The first-order chi connectivity index (χ1) is 11.5. The van der Waals surface area contributed by atoms with Gasteiger partial charge < -0.3 is 9.80 Å². The number of likely N-dealkylation sites (tertiary alicyclic amines) is 1. The molecule has 0 atom stereocenters. The summed E-state index contributed by atoms with van der Waals surface area (Å²) in [4.78, 5) is 21.4. The van der Waals surface area contributed by atoms with E-state index < -0.39 is 0 Å². The summed E-state index contributed by atoms with van der Waals surface area (Å²) in [5.41, 5.74) is 1.02. The number of aryl methyl sites for hydroxylation is 1. The van der Waals surface area contributed by atoms with Crippen LogP contribution in [0.3, 0.4) is 0 Å². The Kier molecular flexibility index (Phi) is 5.26. The van der Waals surface area contributed by atoms with Crippen molar-refractivity contribution in [3.8, 4) is 0 Å². The fourth-order valence-electron chi connectivity index (χ4n) is 3.09. The number of aromatic nitrogens is 1. The van der Waals surface area contributed by atoms with Crippen molar-refractivity contribution in [2.24, 2.45) is 0 Å². The maximum atomic E-state index is 14.1. The molecule has 1 aromatic carbocycles. The van der Waals surface area contributed by atoms with Crippen molar-refractivity contribution in [3.63, 3.8) is 0 Å². The third-order valence-electron chi connectivity index (χ3n) is 4.53. The molecule has 6 heteroatoms. The molecule has 1 aliphatic rings. The van der Waals surface area contributed by atoms with Crippen LogP contribution in [0.25, 0.3) is 0 Å². The van der Waals surface area contributed by atoms with E-state index in [1.165, 1.54) is 17.4 Å². The Morgan fingerprint density at radius 1 is 1.38 bits per heavy atom. The number of benzene rings is 1. The molecule has 2 aromatic rings. The molecule has 1 fully saturated rings. The molecule has 1 saturated heterocycles. The number of nitrogens with zero attached hydrogens (tertiary/aromatic N) is 3. The zero-order valence-electron chi connectivity index (χ0n) is 14.0. The second-order valence-corrected chi connectivity index (χ2v) is 7.37. The van der Waals surface area contributed by atoms with Crippen LogP contribution < -0.4 is 0 Å². The quantitative estimate of drug-likeness (QED) is 0.851. The fraction of sp³-hybridized carbons (Fsp3) is 0.444. The highest BCUT2D eigenvalue weighted by molar-refractivity contribution is 7.09. The average Bonchev–Trinajstić information content (AvgIpc) is 3.01. The van der Waals surface area contributed by atoms with E-state index in [4.69, 9.17) is 0 Å². The molecule has 2 heterocycles. The van der Waals surface area contributed by atoms with Gasteiger partial charge in [-0.2, -0.15) is 0 Å². The summed E-state index contributed by atoms with van der Waals surface area (Å²) in [6, 6.07) is 6.79. The van der Waals surface area contributed by atoms with Gasteiger partial charge in [0, 0.05) is 23.5 Å². The van der Waals surface area contributed by atoms with E-state index in [0.29, 0.717) is 11.3 Å². The van der Waals surface area contributed by atoms with Crippen LogP contribution in [0.5, 0.6) is 0 Å². The fourth-order valence-corrected chi connectivity index (χ4v) is 3.68. The van der Waals surface area contributed by atoms with Crippen LogP contribution in [0.15, 0.2) is 29.6 Å². The van der Waals surface area contributed by atoms with E-state index in [9.17, 15) is 9.18 Å². The van der Waals surface area contributed by atoms with Crippen molar-refractivity contribution in [2.75, 3.05) is 20.1 Å². The number of halogens is 1. The van der Waals surface area contributed by atoms with Gasteiger partial charge >= 0.3 is 0 Å². The highest BCUT2D eigenvalue weighted by atomic mass is 32.1.